The van der Waals surface area contributed by atoms with E-state index in [2.05, 4.69) is 5.32 Å². The molecular formula is C16H18ClNO3. The maximum absolute atomic E-state index is 11.7. The van der Waals surface area contributed by atoms with Crippen molar-refractivity contribution in [1.82, 2.24) is 5.32 Å². The maximum Gasteiger partial charge on any atom is 0.286 e. The molecule has 0 aliphatic heterocycles. The van der Waals surface area contributed by atoms with Crippen molar-refractivity contribution in [1.29, 1.82) is 0 Å². The standard InChI is InChI=1S/C16H18ClNO3/c1-3-9-18-16(19)14-8-7-12(21-14)10-20-15-11(2)5-4-6-13(15)17/h4-8H,3,9-10H2,1-2H3,(H,18,19). The second-order valence-electron chi connectivity index (χ2n) is 4.70. The van der Waals surface area contributed by atoms with Gasteiger partial charge in [0.2, 0.25) is 0 Å². The Morgan fingerprint density at radius 2 is 2.14 bits per heavy atom. The lowest BCUT2D eigenvalue weighted by atomic mass is 10.2. The van der Waals surface area contributed by atoms with Gasteiger partial charge in [0.05, 0.1) is 5.02 Å². The number of hydrogen-bond donors (Lipinski definition) is 1. The van der Waals surface area contributed by atoms with Crippen LogP contribution in [0.2, 0.25) is 5.02 Å². The predicted octanol–water partition coefficient (Wildman–Crippen LogP) is 3.96. The Labute approximate surface area is 129 Å². The van der Waals surface area contributed by atoms with Gasteiger partial charge < -0.3 is 14.5 Å². The number of nitrogens with one attached hydrogen (secondary N) is 1. The van der Waals surface area contributed by atoms with Gasteiger partial charge in [0.15, 0.2) is 5.76 Å². The summed E-state index contributed by atoms with van der Waals surface area (Å²) in [7, 11) is 0. The minimum absolute atomic E-state index is 0.211. The normalized spacial score (nSPS) is 10.4. The highest BCUT2D eigenvalue weighted by atomic mass is 35.5. The number of halogens is 1. The predicted molar refractivity (Wildman–Crippen MR) is 81.9 cm³/mol. The van der Waals surface area contributed by atoms with E-state index in [-0.39, 0.29) is 18.3 Å². The van der Waals surface area contributed by atoms with Crippen LogP contribution in [-0.2, 0) is 6.61 Å². The van der Waals surface area contributed by atoms with Crippen molar-refractivity contribution >= 4 is 17.5 Å². The summed E-state index contributed by atoms with van der Waals surface area (Å²) in [5.41, 5.74) is 0.954. The summed E-state index contributed by atoms with van der Waals surface area (Å²) >= 11 is 6.09. The number of carbonyl (C=O) groups is 1. The Balaban J connectivity index is 1.98. The lowest BCUT2D eigenvalue weighted by Crippen LogP contribution is -2.23. The quantitative estimate of drug-likeness (QED) is 0.879. The Bertz CT molecular complexity index is 601. The van der Waals surface area contributed by atoms with E-state index in [1.807, 2.05) is 26.0 Å². The van der Waals surface area contributed by atoms with Crippen LogP contribution in [0.4, 0.5) is 0 Å². The topological polar surface area (TPSA) is 51.5 Å². The second-order valence-corrected chi connectivity index (χ2v) is 5.10. The first-order chi connectivity index (χ1) is 10.1. The zero-order chi connectivity index (χ0) is 15.2. The van der Waals surface area contributed by atoms with Crippen LogP contribution in [0.15, 0.2) is 34.7 Å². The zero-order valence-corrected chi connectivity index (χ0v) is 12.9. The molecule has 0 fully saturated rings. The van der Waals surface area contributed by atoms with Gasteiger partial charge in [-0.15, -0.1) is 0 Å². The average Bonchev–Trinajstić information content (AvgIpc) is 2.93. The molecule has 1 amide bonds. The van der Waals surface area contributed by atoms with Gasteiger partial charge in [0.1, 0.15) is 18.1 Å². The molecule has 1 aromatic heterocycles. The minimum atomic E-state index is -0.211. The van der Waals surface area contributed by atoms with Gasteiger partial charge in [0.25, 0.3) is 5.91 Å². The van der Waals surface area contributed by atoms with Gasteiger partial charge in [-0.05, 0) is 37.1 Å². The summed E-state index contributed by atoms with van der Waals surface area (Å²) in [5.74, 6) is 1.29. The monoisotopic (exact) mass is 307 g/mol. The molecular weight excluding hydrogens is 290 g/mol. The third kappa shape index (κ3) is 4.02. The van der Waals surface area contributed by atoms with Crippen LogP contribution < -0.4 is 10.1 Å². The van der Waals surface area contributed by atoms with Gasteiger partial charge in [-0.3, -0.25) is 4.79 Å². The summed E-state index contributed by atoms with van der Waals surface area (Å²) in [4.78, 5) is 11.7. The number of rotatable bonds is 6. The molecule has 0 spiro atoms. The lowest BCUT2D eigenvalue weighted by Gasteiger charge is -2.09. The second kappa shape index (κ2) is 7.18. The summed E-state index contributed by atoms with van der Waals surface area (Å²) in [6, 6.07) is 8.94. The van der Waals surface area contributed by atoms with Gasteiger partial charge >= 0.3 is 0 Å². The smallest absolute Gasteiger partial charge is 0.286 e. The molecule has 0 radical (unpaired) electrons. The summed E-state index contributed by atoms with van der Waals surface area (Å²) in [6.07, 6.45) is 0.883. The lowest BCUT2D eigenvalue weighted by molar-refractivity contribution is 0.0922. The average molecular weight is 308 g/mol. The van der Waals surface area contributed by atoms with E-state index < -0.39 is 0 Å². The van der Waals surface area contributed by atoms with Gasteiger partial charge in [-0.1, -0.05) is 30.7 Å². The van der Waals surface area contributed by atoms with Crippen LogP contribution >= 0.6 is 11.6 Å². The molecule has 2 aromatic rings. The van der Waals surface area contributed by atoms with E-state index in [0.717, 1.165) is 12.0 Å². The highest BCUT2D eigenvalue weighted by Gasteiger charge is 2.11. The molecule has 0 saturated carbocycles. The molecule has 0 saturated heterocycles. The molecule has 21 heavy (non-hydrogen) atoms. The largest absolute Gasteiger partial charge is 0.484 e. The molecule has 0 aliphatic carbocycles. The number of hydrogen-bond acceptors (Lipinski definition) is 3. The summed E-state index contributed by atoms with van der Waals surface area (Å²) in [5, 5.41) is 3.32. The summed E-state index contributed by atoms with van der Waals surface area (Å²) in [6.45, 7) is 4.77. The zero-order valence-electron chi connectivity index (χ0n) is 12.1. The number of ether oxygens (including phenoxy) is 1. The highest BCUT2D eigenvalue weighted by molar-refractivity contribution is 6.32. The molecule has 1 N–H and O–H groups in total. The van der Waals surface area contributed by atoms with Gasteiger partial charge in [0, 0.05) is 6.54 Å². The van der Waals surface area contributed by atoms with Gasteiger partial charge in [-0.2, -0.15) is 0 Å². The van der Waals surface area contributed by atoms with E-state index in [1.165, 1.54) is 0 Å². The molecule has 2 rings (SSSR count). The van der Waals surface area contributed by atoms with Crippen molar-refractivity contribution in [2.75, 3.05) is 6.54 Å². The first kappa shape index (κ1) is 15.4. The third-order valence-corrected chi connectivity index (χ3v) is 3.24. The number of amides is 1. The van der Waals surface area contributed by atoms with Crippen LogP contribution in [-0.4, -0.2) is 12.5 Å². The molecule has 112 valence electrons. The first-order valence-electron chi connectivity index (χ1n) is 6.86. The molecule has 1 aromatic carbocycles. The molecule has 0 unspecified atom stereocenters. The molecule has 1 heterocycles. The SMILES string of the molecule is CCCNC(=O)c1ccc(COc2c(C)cccc2Cl)o1. The summed E-state index contributed by atoms with van der Waals surface area (Å²) < 4.78 is 11.1. The van der Waals surface area contributed by atoms with E-state index in [9.17, 15) is 4.79 Å². The Kier molecular flexibility index (Phi) is 5.28. The maximum atomic E-state index is 11.7. The van der Waals surface area contributed by atoms with Crippen molar-refractivity contribution in [3.8, 4) is 5.75 Å². The van der Waals surface area contributed by atoms with Crippen LogP contribution in [0.1, 0.15) is 35.2 Å². The number of benzene rings is 1. The number of aryl methyl sites for hydroxylation is 1. The fraction of sp³-hybridized carbons (Fsp3) is 0.312. The first-order valence-corrected chi connectivity index (χ1v) is 7.24. The third-order valence-electron chi connectivity index (χ3n) is 2.94. The van der Waals surface area contributed by atoms with Crippen molar-refractivity contribution < 1.29 is 13.9 Å². The Morgan fingerprint density at radius 1 is 1.33 bits per heavy atom. The van der Waals surface area contributed by atoms with Crippen LogP contribution in [0.25, 0.3) is 0 Å². The van der Waals surface area contributed by atoms with Crippen LogP contribution in [0.5, 0.6) is 5.75 Å². The van der Waals surface area contributed by atoms with Crippen molar-refractivity contribution in [2.45, 2.75) is 26.9 Å². The Hall–Kier alpha value is -1.94. The molecule has 0 atom stereocenters. The van der Waals surface area contributed by atoms with Crippen molar-refractivity contribution in [2.24, 2.45) is 0 Å². The Morgan fingerprint density at radius 3 is 2.86 bits per heavy atom. The molecule has 5 heteroatoms. The molecule has 0 bridgehead atoms. The highest BCUT2D eigenvalue weighted by Crippen LogP contribution is 2.28. The number of carbonyl (C=O) groups excluding carboxylic acids is 1. The van der Waals surface area contributed by atoms with Crippen LogP contribution in [0.3, 0.4) is 0 Å². The molecule has 4 nitrogen and oxygen atoms in total. The minimum Gasteiger partial charge on any atom is -0.484 e. The fourth-order valence-corrected chi connectivity index (χ4v) is 2.12. The number of para-hydroxylation sites is 1. The van der Waals surface area contributed by atoms with Gasteiger partial charge in [-0.25, -0.2) is 0 Å². The number of furan rings is 1. The fourth-order valence-electron chi connectivity index (χ4n) is 1.85. The molecule has 0 aliphatic rings. The van der Waals surface area contributed by atoms with E-state index in [1.54, 1.807) is 18.2 Å². The van der Waals surface area contributed by atoms with Crippen molar-refractivity contribution in [3.05, 3.63) is 52.4 Å². The van der Waals surface area contributed by atoms with Crippen LogP contribution in [0, 0.1) is 6.92 Å². The van der Waals surface area contributed by atoms with E-state index in [0.29, 0.717) is 23.1 Å². The van der Waals surface area contributed by atoms with Crippen molar-refractivity contribution in [3.63, 3.8) is 0 Å². The van der Waals surface area contributed by atoms with E-state index >= 15 is 0 Å². The van der Waals surface area contributed by atoms with E-state index in [4.69, 9.17) is 20.8 Å².